The van der Waals surface area contributed by atoms with Crippen molar-refractivity contribution in [1.29, 1.82) is 0 Å². The molecule has 0 aromatic carbocycles. The average Bonchev–Trinajstić information content (AvgIpc) is 3.13. The minimum atomic E-state index is 0.633. The lowest BCUT2D eigenvalue weighted by Gasteiger charge is -2.31. The fourth-order valence-corrected chi connectivity index (χ4v) is 5.10. The van der Waals surface area contributed by atoms with Crippen LogP contribution in [0.2, 0.25) is 0 Å². The van der Waals surface area contributed by atoms with Crippen LogP contribution in [-0.2, 0) is 12.8 Å². The van der Waals surface area contributed by atoms with Gasteiger partial charge in [-0.2, -0.15) is 11.3 Å². The van der Waals surface area contributed by atoms with E-state index >= 15 is 0 Å². The molecule has 2 aromatic heterocycles. The molecule has 0 saturated carbocycles. The van der Waals surface area contributed by atoms with E-state index in [1.54, 1.807) is 10.4 Å². The number of rotatable bonds is 6. The summed E-state index contributed by atoms with van der Waals surface area (Å²) in [5.41, 5.74) is 3.14. The SMILES string of the molecule is CCNC(CCc1ccsc1)C1CCCc2sccc21. The quantitative estimate of drug-likeness (QED) is 0.805. The van der Waals surface area contributed by atoms with Gasteiger partial charge in [-0.3, -0.25) is 0 Å². The molecule has 108 valence electrons. The Hall–Kier alpha value is -0.640. The van der Waals surface area contributed by atoms with Gasteiger partial charge >= 0.3 is 0 Å². The van der Waals surface area contributed by atoms with E-state index in [4.69, 9.17) is 0 Å². The Morgan fingerprint density at radius 3 is 3.10 bits per heavy atom. The van der Waals surface area contributed by atoms with Crippen LogP contribution < -0.4 is 5.32 Å². The molecular formula is C17H23NS2. The molecule has 1 nitrogen and oxygen atoms in total. The Morgan fingerprint density at radius 1 is 1.35 bits per heavy atom. The maximum atomic E-state index is 3.75. The summed E-state index contributed by atoms with van der Waals surface area (Å²) in [5.74, 6) is 0.726. The summed E-state index contributed by atoms with van der Waals surface area (Å²) < 4.78 is 0. The van der Waals surface area contributed by atoms with Gasteiger partial charge < -0.3 is 5.32 Å². The Morgan fingerprint density at radius 2 is 2.30 bits per heavy atom. The third-order valence-electron chi connectivity index (χ3n) is 4.37. The van der Waals surface area contributed by atoms with Gasteiger partial charge in [0.25, 0.3) is 0 Å². The van der Waals surface area contributed by atoms with Crippen molar-refractivity contribution in [2.45, 2.75) is 51.0 Å². The van der Waals surface area contributed by atoms with Crippen molar-refractivity contribution in [2.75, 3.05) is 6.54 Å². The van der Waals surface area contributed by atoms with Crippen molar-refractivity contribution in [3.8, 4) is 0 Å². The topological polar surface area (TPSA) is 12.0 Å². The van der Waals surface area contributed by atoms with E-state index in [2.05, 4.69) is 40.5 Å². The van der Waals surface area contributed by atoms with E-state index in [0.29, 0.717) is 6.04 Å². The standard InChI is InChI=1S/C17H23NS2/c1-2-18-16(7-6-13-8-10-19-12-13)14-4-3-5-17-15(14)9-11-20-17/h8-12,14,16,18H,2-7H2,1H3. The predicted octanol–water partition coefficient (Wildman–Crippen LogP) is 4.84. The largest absolute Gasteiger partial charge is 0.314 e. The van der Waals surface area contributed by atoms with Gasteiger partial charge in [0.15, 0.2) is 0 Å². The zero-order valence-corrected chi connectivity index (χ0v) is 13.7. The fraction of sp³-hybridized carbons (Fsp3) is 0.529. The van der Waals surface area contributed by atoms with Crippen LogP contribution in [0.25, 0.3) is 0 Å². The second-order valence-electron chi connectivity index (χ2n) is 5.63. The lowest BCUT2D eigenvalue weighted by molar-refractivity contribution is 0.381. The van der Waals surface area contributed by atoms with Crippen molar-refractivity contribution >= 4 is 22.7 Å². The molecule has 2 unspecified atom stereocenters. The Kier molecular flexibility index (Phi) is 4.92. The molecule has 0 spiro atoms. The van der Waals surface area contributed by atoms with E-state index in [1.807, 2.05) is 22.7 Å². The van der Waals surface area contributed by atoms with Crippen molar-refractivity contribution in [3.63, 3.8) is 0 Å². The number of thiophene rings is 2. The van der Waals surface area contributed by atoms with Gasteiger partial charge in [0.1, 0.15) is 0 Å². The van der Waals surface area contributed by atoms with E-state index in [0.717, 1.165) is 12.5 Å². The molecule has 1 aliphatic carbocycles. The third-order valence-corrected chi connectivity index (χ3v) is 6.10. The normalized spacial score (nSPS) is 19.8. The molecule has 0 bridgehead atoms. The maximum absolute atomic E-state index is 3.75. The summed E-state index contributed by atoms with van der Waals surface area (Å²) in [6.45, 7) is 3.30. The van der Waals surface area contributed by atoms with Crippen LogP contribution in [-0.4, -0.2) is 12.6 Å². The highest BCUT2D eigenvalue weighted by atomic mass is 32.1. The van der Waals surface area contributed by atoms with Crippen LogP contribution >= 0.6 is 22.7 Å². The fourth-order valence-electron chi connectivity index (χ4n) is 3.40. The minimum absolute atomic E-state index is 0.633. The van der Waals surface area contributed by atoms with Crippen LogP contribution in [0.15, 0.2) is 28.3 Å². The van der Waals surface area contributed by atoms with Crippen LogP contribution in [0, 0.1) is 0 Å². The van der Waals surface area contributed by atoms with Crippen molar-refractivity contribution in [1.82, 2.24) is 5.32 Å². The number of fused-ring (bicyclic) bond motifs is 1. The number of nitrogens with one attached hydrogen (secondary N) is 1. The van der Waals surface area contributed by atoms with Gasteiger partial charge in [-0.15, -0.1) is 11.3 Å². The predicted molar refractivity (Wildman–Crippen MR) is 90.1 cm³/mol. The summed E-state index contributed by atoms with van der Waals surface area (Å²) in [4.78, 5) is 1.64. The summed E-state index contributed by atoms with van der Waals surface area (Å²) in [5, 5.41) is 10.5. The molecule has 2 aromatic rings. The molecule has 2 heterocycles. The lowest BCUT2D eigenvalue weighted by atomic mass is 9.80. The molecular weight excluding hydrogens is 282 g/mol. The lowest BCUT2D eigenvalue weighted by Crippen LogP contribution is -2.36. The van der Waals surface area contributed by atoms with E-state index < -0.39 is 0 Å². The van der Waals surface area contributed by atoms with Gasteiger partial charge in [0, 0.05) is 16.8 Å². The number of hydrogen-bond donors (Lipinski definition) is 1. The van der Waals surface area contributed by atoms with Gasteiger partial charge in [-0.05, 0) is 78.0 Å². The van der Waals surface area contributed by atoms with Crippen molar-refractivity contribution < 1.29 is 0 Å². The smallest absolute Gasteiger partial charge is 0.0139 e. The molecule has 1 N–H and O–H groups in total. The molecule has 0 amide bonds. The second-order valence-corrected chi connectivity index (χ2v) is 7.41. The number of hydrogen-bond acceptors (Lipinski definition) is 3. The summed E-state index contributed by atoms with van der Waals surface area (Å²) >= 11 is 3.77. The van der Waals surface area contributed by atoms with Gasteiger partial charge in [0.05, 0.1) is 0 Å². The maximum Gasteiger partial charge on any atom is 0.0139 e. The molecule has 3 heteroatoms. The van der Waals surface area contributed by atoms with Crippen molar-refractivity contribution in [3.05, 3.63) is 44.3 Å². The molecule has 0 radical (unpaired) electrons. The average molecular weight is 306 g/mol. The van der Waals surface area contributed by atoms with Crippen molar-refractivity contribution in [2.24, 2.45) is 0 Å². The molecule has 0 fully saturated rings. The molecule has 20 heavy (non-hydrogen) atoms. The zero-order valence-electron chi connectivity index (χ0n) is 12.1. The summed E-state index contributed by atoms with van der Waals surface area (Å²) in [7, 11) is 0. The molecule has 0 aliphatic heterocycles. The van der Waals surface area contributed by atoms with E-state index in [9.17, 15) is 0 Å². The van der Waals surface area contributed by atoms with Crippen LogP contribution in [0.3, 0.4) is 0 Å². The third kappa shape index (κ3) is 3.16. The molecule has 1 aliphatic rings. The molecule has 3 rings (SSSR count). The highest BCUT2D eigenvalue weighted by Crippen LogP contribution is 2.38. The highest BCUT2D eigenvalue weighted by molar-refractivity contribution is 7.10. The van der Waals surface area contributed by atoms with Gasteiger partial charge in [-0.25, -0.2) is 0 Å². The zero-order chi connectivity index (χ0) is 13.8. The highest BCUT2D eigenvalue weighted by Gasteiger charge is 2.27. The monoisotopic (exact) mass is 305 g/mol. The van der Waals surface area contributed by atoms with Crippen LogP contribution in [0.1, 0.15) is 48.1 Å². The first-order valence-corrected chi connectivity index (χ1v) is 9.51. The Labute approximate surface area is 130 Å². The number of likely N-dealkylation sites (N-methyl/N-ethyl adjacent to an activating group) is 1. The van der Waals surface area contributed by atoms with Gasteiger partial charge in [-0.1, -0.05) is 6.92 Å². The Bertz CT molecular complexity index is 515. The first kappa shape index (κ1) is 14.3. The van der Waals surface area contributed by atoms with E-state index in [1.165, 1.54) is 37.7 Å². The molecule has 2 atom stereocenters. The van der Waals surface area contributed by atoms with E-state index in [-0.39, 0.29) is 0 Å². The molecule has 0 saturated heterocycles. The van der Waals surface area contributed by atoms with Crippen LogP contribution in [0.4, 0.5) is 0 Å². The first-order chi connectivity index (χ1) is 9.88. The summed E-state index contributed by atoms with van der Waals surface area (Å²) in [6.07, 6.45) is 6.47. The second kappa shape index (κ2) is 6.88. The van der Waals surface area contributed by atoms with Crippen LogP contribution in [0.5, 0.6) is 0 Å². The number of aryl methyl sites for hydroxylation is 2. The minimum Gasteiger partial charge on any atom is -0.314 e. The Balaban J connectivity index is 1.71. The summed E-state index contributed by atoms with van der Waals surface area (Å²) in [6, 6.07) is 5.28. The van der Waals surface area contributed by atoms with Gasteiger partial charge in [0.2, 0.25) is 0 Å². The first-order valence-electron chi connectivity index (χ1n) is 7.69.